The van der Waals surface area contributed by atoms with Crippen molar-refractivity contribution in [1.29, 1.82) is 0 Å². The number of nitrogens with one attached hydrogen (secondary N) is 1. The van der Waals surface area contributed by atoms with Gasteiger partial charge < -0.3 is 10.1 Å². The quantitative estimate of drug-likeness (QED) is 0.873. The predicted molar refractivity (Wildman–Crippen MR) is 88.2 cm³/mol. The topological polar surface area (TPSA) is 73.2 Å². The Labute approximate surface area is 138 Å². The van der Waals surface area contributed by atoms with E-state index in [2.05, 4.69) is 10.4 Å². The van der Waals surface area contributed by atoms with Gasteiger partial charge in [-0.25, -0.2) is 4.79 Å². The van der Waals surface area contributed by atoms with Crippen LogP contribution >= 0.6 is 11.3 Å². The maximum atomic E-state index is 12.5. The zero-order chi connectivity index (χ0) is 16.6. The number of hydrogen-bond donors (Lipinski definition) is 1. The number of nitrogens with zero attached hydrogens (tertiary/aromatic N) is 2. The molecule has 2 aromatic rings. The summed E-state index contributed by atoms with van der Waals surface area (Å²) in [5.41, 5.74) is 2.80. The normalized spacial score (nSPS) is 13.0. The van der Waals surface area contributed by atoms with Gasteiger partial charge in [-0.05, 0) is 44.7 Å². The van der Waals surface area contributed by atoms with Crippen LogP contribution in [0, 0.1) is 6.92 Å². The Hall–Kier alpha value is -2.15. The lowest BCUT2D eigenvalue weighted by Crippen LogP contribution is -2.18. The lowest BCUT2D eigenvalue weighted by molar-refractivity contribution is 0.0527. The zero-order valence-corrected chi connectivity index (χ0v) is 14.2. The number of carbonyl (C=O) groups is 2. The largest absolute Gasteiger partial charge is 0.462 e. The molecule has 7 heteroatoms. The first kappa shape index (κ1) is 15.7. The van der Waals surface area contributed by atoms with Crippen LogP contribution in [0.15, 0.2) is 6.07 Å². The molecule has 1 N–H and O–H groups in total. The smallest absolute Gasteiger partial charge is 0.341 e. The molecule has 0 bridgehead atoms. The Morgan fingerprint density at radius 2 is 2.22 bits per heavy atom. The number of aromatic nitrogens is 2. The second kappa shape index (κ2) is 6.16. The van der Waals surface area contributed by atoms with Crippen LogP contribution < -0.4 is 5.32 Å². The van der Waals surface area contributed by atoms with Crippen molar-refractivity contribution in [2.24, 2.45) is 7.05 Å². The minimum absolute atomic E-state index is 0.265. The van der Waals surface area contributed by atoms with Gasteiger partial charge in [0.25, 0.3) is 5.91 Å². The summed E-state index contributed by atoms with van der Waals surface area (Å²) in [7, 11) is 1.72. The van der Waals surface area contributed by atoms with Gasteiger partial charge in [0.05, 0.1) is 17.9 Å². The van der Waals surface area contributed by atoms with Crippen molar-refractivity contribution in [2.45, 2.75) is 33.1 Å². The number of hydrogen-bond acceptors (Lipinski definition) is 5. The first-order valence-corrected chi connectivity index (χ1v) is 8.46. The van der Waals surface area contributed by atoms with E-state index >= 15 is 0 Å². The number of carbonyl (C=O) groups excluding carboxylic acids is 2. The summed E-state index contributed by atoms with van der Waals surface area (Å²) in [5.74, 6) is -0.623. The molecule has 6 nitrogen and oxygen atoms in total. The van der Waals surface area contributed by atoms with Crippen LogP contribution in [0.1, 0.15) is 50.3 Å². The van der Waals surface area contributed by atoms with Crippen LogP contribution in [-0.2, 0) is 24.6 Å². The van der Waals surface area contributed by atoms with Gasteiger partial charge in [0, 0.05) is 11.9 Å². The predicted octanol–water partition coefficient (Wildman–Crippen LogP) is 2.71. The average Bonchev–Trinajstić information content (AvgIpc) is 3.13. The molecule has 3 rings (SSSR count). The third-order valence-corrected chi connectivity index (χ3v) is 5.07. The Morgan fingerprint density at radius 1 is 1.43 bits per heavy atom. The van der Waals surface area contributed by atoms with E-state index in [9.17, 15) is 9.59 Å². The molecular formula is C16H19N3O3S. The molecule has 1 aliphatic carbocycles. The van der Waals surface area contributed by atoms with Gasteiger partial charge in [0.15, 0.2) is 0 Å². The summed E-state index contributed by atoms with van der Waals surface area (Å²) in [4.78, 5) is 26.0. The Morgan fingerprint density at radius 3 is 2.87 bits per heavy atom. The average molecular weight is 333 g/mol. The van der Waals surface area contributed by atoms with Gasteiger partial charge in [0.2, 0.25) is 0 Å². The highest BCUT2D eigenvalue weighted by atomic mass is 32.1. The molecule has 0 fully saturated rings. The van der Waals surface area contributed by atoms with E-state index in [1.807, 2.05) is 6.92 Å². The Kier molecular flexibility index (Phi) is 4.21. The van der Waals surface area contributed by atoms with E-state index in [-0.39, 0.29) is 11.9 Å². The number of ether oxygens (including phenoxy) is 1. The summed E-state index contributed by atoms with van der Waals surface area (Å²) >= 11 is 1.48. The van der Waals surface area contributed by atoms with Crippen LogP contribution in [0.3, 0.4) is 0 Å². The first-order chi connectivity index (χ1) is 11.0. The molecule has 0 aliphatic heterocycles. The van der Waals surface area contributed by atoms with Crippen molar-refractivity contribution in [3.63, 3.8) is 0 Å². The number of amides is 1. The van der Waals surface area contributed by atoms with Crippen LogP contribution in [0.2, 0.25) is 0 Å². The van der Waals surface area contributed by atoms with Crippen molar-refractivity contribution < 1.29 is 14.3 Å². The van der Waals surface area contributed by atoms with Crippen molar-refractivity contribution in [3.8, 4) is 0 Å². The molecule has 0 saturated carbocycles. The van der Waals surface area contributed by atoms with E-state index in [1.165, 1.54) is 20.9 Å². The molecule has 1 amide bonds. The van der Waals surface area contributed by atoms with Crippen molar-refractivity contribution in [1.82, 2.24) is 9.78 Å². The van der Waals surface area contributed by atoms with Crippen molar-refractivity contribution >= 4 is 28.2 Å². The van der Waals surface area contributed by atoms with Gasteiger partial charge in [-0.2, -0.15) is 5.10 Å². The highest BCUT2D eigenvalue weighted by Gasteiger charge is 2.28. The summed E-state index contributed by atoms with van der Waals surface area (Å²) in [6, 6.07) is 1.72. The number of esters is 1. The van der Waals surface area contributed by atoms with Gasteiger partial charge in [-0.1, -0.05) is 0 Å². The fourth-order valence-electron chi connectivity index (χ4n) is 2.90. The van der Waals surface area contributed by atoms with E-state index < -0.39 is 0 Å². The monoisotopic (exact) mass is 333 g/mol. The second-order valence-electron chi connectivity index (χ2n) is 5.53. The van der Waals surface area contributed by atoms with Crippen LogP contribution in [0.25, 0.3) is 0 Å². The second-order valence-corrected chi connectivity index (χ2v) is 6.64. The summed E-state index contributed by atoms with van der Waals surface area (Å²) in [6.45, 7) is 3.93. The van der Waals surface area contributed by atoms with Crippen molar-refractivity contribution in [2.75, 3.05) is 11.9 Å². The molecule has 0 atom stereocenters. The molecule has 0 unspecified atom stereocenters. The van der Waals surface area contributed by atoms with Gasteiger partial charge >= 0.3 is 5.97 Å². The summed E-state index contributed by atoms with van der Waals surface area (Å²) < 4.78 is 6.70. The molecular weight excluding hydrogens is 314 g/mol. The van der Waals surface area contributed by atoms with Gasteiger partial charge in [0.1, 0.15) is 10.7 Å². The van der Waals surface area contributed by atoms with Crippen molar-refractivity contribution in [3.05, 3.63) is 33.5 Å². The molecule has 2 heterocycles. The number of thiophene rings is 1. The highest BCUT2D eigenvalue weighted by Crippen LogP contribution is 2.39. The van der Waals surface area contributed by atoms with Gasteiger partial charge in [-0.3, -0.25) is 9.48 Å². The third kappa shape index (κ3) is 2.88. The molecule has 23 heavy (non-hydrogen) atoms. The molecule has 1 aliphatic rings. The molecule has 0 radical (unpaired) electrons. The number of anilines is 1. The maximum absolute atomic E-state index is 12.5. The summed E-state index contributed by atoms with van der Waals surface area (Å²) in [6.07, 6.45) is 2.86. The molecule has 0 spiro atoms. The van der Waals surface area contributed by atoms with Crippen LogP contribution in [0.4, 0.5) is 5.00 Å². The third-order valence-electron chi connectivity index (χ3n) is 3.86. The van der Waals surface area contributed by atoms with E-state index in [1.54, 1.807) is 20.0 Å². The number of rotatable bonds is 4. The first-order valence-electron chi connectivity index (χ1n) is 7.65. The lowest BCUT2D eigenvalue weighted by Gasteiger charge is -2.08. The van der Waals surface area contributed by atoms with Crippen LogP contribution in [0.5, 0.6) is 0 Å². The highest BCUT2D eigenvalue weighted by molar-refractivity contribution is 7.17. The minimum atomic E-state index is -0.358. The van der Waals surface area contributed by atoms with E-state index in [0.717, 1.165) is 30.5 Å². The van der Waals surface area contributed by atoms with E-state index in [4.69, 9.17) is 4.74 Å². The number of aryl methyl sites for hydroxylation is 3. The van der Waals surface area contributed by atoms with Crippen LogP contribution in [-0.4, -0.2) is 28.3 Å². The zero-order valence-electron chi connectivity index (χ0n) is 13.4. The molecule has 2 aromatic heterocycles. The molecule has 0 aromatic carbocycles. The van der Waals surface area contributed by atoms with Gasteiger partial charge in [-0.15, -0.1) is 11.3 Å². The standard InChI is InChI=1S/C16H19N3O3S/c1-4-22-16(21)13-10-6-5-7-12(10)23-15(13)17-14(20)11-8-9(2)18-19(11)3/h8H,4-7H2,1-3H3,(H,17,20). The van der Waals surface area contributed by atoms with E-state index in [0.29, 0.717) is 22.9 Å². The minimum Gasteiger partial charge on any atom is -0.462 e. The fraction of sp³-hybridized carbons (Fsp3) is 0.438. The lowest BCUT2D eigenvalue weighted by atomic mass is 10.1. The Balaban J connectivity index is 1.92. The SMILES string of the molecule is CCOC(=O)c1c(NC(=O)c2cc(C)nn2C)sc2c1CCC2. The molecule has 122 valence electrons. The Bertz CT molecular complexity index is 776. The summed E-state index contributed by atoms with van der Waals surface area (Å²) in [5, 5.41) is 7.63. The number of fused-ring (bicyclic) bond motifs is 1. The molecule has 0 saturated heterocycles. The fourth-order valence-corrected chi connectivity index (χ4v) is 4.17. The maximum Gasteiger partial charge on any atom is 0.341 e.